The van der Waals surface area contributed by atoms with Crippen molar-refractivity contribution >= 4 is 11.8 Å². The van der Waals surface area contributed by atoms with Gasteiger partial charge in [0.1, 0.15) is 11.6 Å². The van der Waals surface area contributed by atoms with Gasteiger partial charge in [-0.2, -0.15) is 0 Å². The molecule has 0 radical (unpaired) electrons. The summed E-state index contributed by atoms with van der Waals surface area (Å²) >= 11 is 0. The fourth-order valence-corrected chi connectivity index (χ4v) is 4.03. The smallest absolute Gasteiger partial charge is 0.249 e. The normalized spacial score (nSPS) is 38.4. The lowest BCUT2D eigenvalue weighted by molar-refractivity contribution is -0.158. The van der Waals surface area contributed by atoms with Gasteiger partial charge >= 0.3 is 0 Å². The largest absolute Gasteiger partial charge is 0.340 e. The summed E-state index contributed by atoms with van der Waals surface area (Å²) in [6.07, 6.45) is 7.09. The molecule has 4 aliphatic rings. The Balaban J connectivity index is 1.67. The highest BCUT2D eigenvalue weighted by Crippen LogP contribution is 2.50. The fraction of sp³-hybridized carbons (Fsp3) is 0.875. The summed E-state index contributed by atoms with van der Waals surface area (Å²) in [7, 11) is 0. The van der Waals surface area contributed by atoms with Gasteiger partial charge in [-0.25, -0.2) is 0 Å². The number of amides is 2. The van der Waals surface area contributed by atoms with Crippen molar-refractivity contribution in [2.45, 2.75) is 70.0 Å². The lowest BCUT2D eigenvalue weighted by atomic mass is 9.87. The molecule has 0 spiro atoms. The summed E-state index contributed by atoms with van der Waals surface area (Å²) in [6, 6.07) is 0.0437. The molecule has 4 rings (SSSR count). The standard InChI is InChI=1S/C16H24N2O2/c1-9-14(19)17-16(2,12-7-8-12)15(20)18(9)13(10-3-4-10)11-5-6-11/h9-13H,3-8H2,1-2H3,(H,17,19). The molecule has 2 unspecified atom stereocenters. The zero-order valence-electron chi connectivity index (χ0n) is 12.4. The van der Waals surface area contributed by atoms with Crippen LogP contribution in [0.3, 0.4) is 0 Å². The Morgan fingerprint density at radius 1 is 1.10 bits per heavy atom. The van der Waals surface area contributed by atoms with Crippen molar-refractivity contribution in [2.24, 2.45) is 17.8 Å². The Morgan fingerprint density at radius 2 is 1.65 bits per heavy atom. The molecule has 1 N–H and O–H groups in total. The molecule has 3 saturated carbocycles. The molecule has 1 aliphatic heterocycles. The van der Waals surface area contributed by atoms with Gasteiger partial charge in [0.2, 0.25) is 11.8 Å². The Labute approximate surface area is 120 Å². The number of rotatable bonds is 4. The van der Waals surface area contributed by atoms with Crippen LogP contribution in [-0.2, 0) is 9.59 Å². The predicted molar refractivity (Wildman–Crippen MR) is 74.8 cm³/mol. The molecule has 20 heavy (non-hydrogen) atoms. The number of hydrogen-bond acceptors (Lipinski definition) is 2. The third-order valence-electron chi connectivity index (χ3n) is 5.78. The summed E-state index contributed by atoms with van der Waals surface area (Å²) in [4.78, 5) is 27.5. The molecule has 1 saturated heterocycles. The summed E-state index contributed by atoms with van der Waals surface area (Å²) in [5.74, 6) is 1.90. The molecule has 0 bridgehead atoms. The van der Waals surface area contributed by atoms with E-state index >= 15 is 0 Å². The summed E-state index contributed by atoms with van der Waals surface area (Å²) in [5.41, 5.74) is -0.633. The van der Waals surface area contributed by atoms with Gasteiger partial charge in [-0.05, 0) is 70.1 Å². The summed E-state index contributed by atoms with van der Waals surface area (Å²) in [6.45, 7) is 3.85. The van der Waals surface area contributed by atoms with E-state index in [0.29, 0.717) is 23.8 Å². The second kappa shape index (κ2) is 3.99. The molecule has 2 amide bonds. The van der Waals surface area contributed by atoms with Crippen LogP contribution >= 0.6 is 0 Å². The van der Waals surface area contributed by atoms with E-state index in [4.69, 9.17) is 0 Å². The maximum atomic E-state index is 13.1. The van der Waals surface area contributed by atoms with E-state index in [1.54, 1.807) is 0 Å². The zero-order valence-corrected chi connectivity index (χ0v) is 12.4. The zero-order chi connectivity index (χ0) is 14.1. The van der Waals surface area contributed by atoms with Crippen LogP contribution in [0.2, 0.25) is 0 Å². The molecule has 1 heterocycles. The van der Waals surface area contributed by atoms with Crippen molar-refractivity contribution in [3.05, 3.63) is 0 Å². The van der Waals surface area contributed by atoms with E-state index in [0.717, 1.165) is 12.8 Å². The van der Waals surface area contributed by atoms with Gasteiger partial charge in [-0.1, -0.05) is 0 Å². The lowest BCUT2D eigenvalue weighted by Crippen LogP contribution is -2.71. The predicted octanol–water partition coefficient (Wildman–Crippen LogP) is 1.69. The average Bonchev–Trinajstić information content (AvgIpc) is 3.30. The van der Waals surface area contributed by atoms with Crippen LogP contribution in [0.25, 0.3) is 0 Å². The number of carbonyl (C=O) groups excluding carboxylic acids is 2. The second-order valence-corrected chi connectivity index (χ2v) is 7.52. The van der Waals surface area contributed by atoms with E-state index in [1.165, 1.54) is 25.7 Å². The molecule has 0 aromatic heterocycles. The number of carbonyl (C=O) groups is 2. The van der Waals surface area contributed by atoms with E-state index in [1.807, 2.05) is 18.7 Å². The molecule has 2 atom stereocenters. The van der Waals surface area contributed by atoms with E-state index in [9.17, 15) is 9.59 Å². The number of nitrogens with zero attached hydrogens (tertiary/aromatic N) is 1. The van der Waals surface area contributed by atoms with E-state index < -0.39 is 5.54 Å². The lowest BCUT2D eigenvalue weighted by Gasteiger charge is -2.47. The molecule has 0 aromatic carbocycles. The number of nitrogens with one attached hydrogen (secondary N) is 1. The highest BCUT2D eigenvalue weighted by atomic mass is 16.2. The van der Waals surface area contributed by atoms with Crippen LogP contribution in [0.15, 0.2) is 0 Å². The quantitative estimate of drug-likeness (QED) is 0.849. The Bertz CT molecular complexity index is 453. The van der Waals surface area contributed by atoms with Crippen LogP contribution in [-0.4, -0.2) is 34.3 Å². The van der Waals surface area contributed by atoms with E-state index in [2.05, 4.69) is 5.32 Å². The molecular weight excluding hydrogens is 252 g/mol. The van der Waals surface area contributed by atoms with Crippen LogP contribution < -0.4 is 5.32 Å². The molecule has 0 aromatic rings. The highest BCUT2D eigenvalue weighted by molar-refractivity contribution is 6.00. The minimum Gasteiger partial charge on any atom is -0.340 e. The minimum absolute atomic E-state index is 0.0466. The first-order valence-electron chi connectivity index (χ1n) is 8.17. The number of piperazine rings is 1. The van der Waals surface area contributed by atoms with Crippen molar-refractivity contribution in [3.8, 4) is 0 Å². The molecule has 4 heteroatoms. The van der Waals surface area contributed by atoms with Gasteiger partial charge in [0.15, 0.2) is 0 Å². The molecule has 3 aliphatic carbocycles. The Morgan fingerprint density at radius 3 is 2.10 bits per heavy atom. The van der Waals surface area contributed by atoms with Gasteiger partial charge < -0.3 is 10.2 Å². The minimum atomic E-state index is -0.633. The molecular formula is C16H24N2O2. The fourth-order valence-electron chi connectivity index (χ4n) is 4.03. The highest BCUT2D eigenvalue weighted by Gasteiger charge is 2.58. The van der Waals surface area contributed by atoms with Gasteiger partial charge in [0.05, 0.1) is 0 Å². The molecule has 4 nitrogen and oxygen atoms in total. The van der Waals surface area contributed by atoms with Crippen LogP contribution in [0.4, 0.5) is 0 Å². The Kier molecular flexibility index (Phi) is 2.52. The first-order valence-corrected chi connectivity index (χ1v) is 8.17. The van der Waals surface area contributed by atoms with Crippen LogP contribution in [0, 0.1) is 17.8 Å². The number of hydrogen-bond donors (Lipinski definition) is 1. The monoisotopic (exact) mass is 276 g/mol. The molecule has 4 fully saturated rings. The average molecular weight is 276 g/mol. The van der Waals surface area contributed by atoms with E-state index in [-0.39, 0.29) is 17.9 Å². The van der Waals surface area contributed by atoms with Crippen molar-refractivity contribution in [1.29, 1.82) is 0 Å². The summed E-state index contributed by atoms with van der Waals surface area (Å²) < 4.78 is 0. The van der Waals surface area contributed by atoms with Gasteiger partial charge in [0.25, 0.3) is 0 Å². The Hall–Kier alpha value is -1.06. The van der Waals surface area contributed by atoms with Gasteiger partial charge in [-0.3, -0.25) is 9.59 Å². The summed E-state index contributed by atoms with van der Waals surface area (Å²) in [5, 5.41) is 3.03. The van der Waals surface area contributed by atoms with Crippen molar-refractivity contribution < 1.29 is 9.59 Å². The van der Waals surface area contributed by atoms with Gasteiger partial charge in [0, 0.05) is 6.04 Å². The third kappa shape index (κ3) is 1.80. The van der Waals surface area contributed by atoms with Crippen LogP contribution in [0.1, 0.15) is 52.4 Å². The second-order valence-electron chi connectivity index (χ2n) is 7.52. The van der Waals surface area contributed by atoms with Gasteiger partial charge in [-0.15, -0.1) is 0 Å². The topological polar surface area (TPSA) is 49.4 Å². The van der Waals surface area contributed by atoms with Crippen molar-refractivity contribution in [1.82, 2.24) is 10.2 Å². The maximum absolute atomic E-state index is 13.1. The van der Waals surface area contributed by atoms with Crippen molar-refractivity contribution in [3.63, 3.8) is 0 Å². The third-order valence-corrected chi connectivity index (χ3v) is 5.78. The maximum Gasteiger partial charge on any atom is 0.249 e. The van der Waals surface area contributed by atoms with Crippen molar-refractivity contribution in [2.75, 3.05) is 0 Å². The first kappa shape index (κ1) is 12.7. The van der Waals surface area contributed by atoms with Crippen LogP contribution in [0.5, 0.6) is 0 Å². The molecule has 110 valence electrons. The SMILES string of the molecule is CC1C(=O)NC(C)(C2CC2)C(=O)N1C(C1CC1)C1CC1. The first-order chi connectivity index (χ1) is 9.52.